The van der Waals surface area contributed by atoms with Gasteiger partial charge in [-0.1, -0.05) is 11.6 Å². The molecule has 1 aromatic carbocycles. The Labute approximate surface area is 134 Å². The number of halogens is 1. The molecule has 0 bridgehead atoms. The van der Waals surface area contributed by atoms with Crippen LogP contribution >= 0.6 is 11.6 Å². The Morgan fingerprint density at radius 1 is 1.45 bits per heavy atom. The Kier molecular flexibility index (Phi) is 5.50. The number of benzene rings is 1. The highest BCUT2D eigenvalue weighted by Crippen LogP contribution is 2.34. The minimum Gasteiger partial charge on any atom is -0.491 e. The first-order valence-electron chi connectivity index (χ1n) is 7.14. The van der Waals surface area contributed by atoms with Gasteiger partial charge < -0.3 is 25.0 Å². The highest BCUT2D eigenvalue weighted by atomic mass is 35.5. The number of rotatable bonds is 6. The maximum absolute atomic E-state index is 11.5. The van der Waals surface area contributed by atoms with Gasteiger partial charge >= 0.3 is 5.97 Å². The third-order valence-corrected chi connectivity index (χ3v) is 3.46. The fourth-order valence-corrected chi connectivity index (χ4v) is 2.54. The minimum absolute atomic E-state index is 0.0231. The van der Waals surface area contributed by atoms with Crippen molar-refractivity contribution in [3.8, 4) is 11.5 Å². The molecule has 6 nitrogen and oxygen atoms in total. The number of aliphatic hydroxyl groups is 1. The number of β-amino-alcohol motifs (C(OH)–C–C–N with tert-alkyl or cyclic N) is 1. The fraction of sp³-hybridized carbons (Fsp3) is 0.533. The third kappa shape index (κ3) is 4.25. The molecule has 0 aromatic heterocycles. The second kappa shape index (κ2) is 7.17. The maximum Gasteiger partial charge on any atom is 0.343 e. The van der Waals surface area contributed by atoms with E-state index in [0.29, 0.717) is 18.0 Å². The number of carboxylic acids is 1. The Morgan fingerprint density at radius 2 is 2.14 bits per heavy atom. The molecule has 1 heterocycles. The van der Waals surface area contributed by atoms with Crippen molar-refractivity contribution in [1.82, 2.24) is 5.32 Å². The van der Waals surface area contributed by atoms with Crippen LogP contribution in [0.5, 0.6) is 11.5 Å². The lowest BCUT2D eigenvalue weighted by Crippen LogP contribution is -2.28. The van der Waals surface area contributed by atoms with Crippen molar-refractivity contribution >= 4 is 17.6 Å². The molecule has 1 saturated heterocycles. The minimum atomic E-state index is -1.14. The van der Waals surface area contributed by atoms with E-state index in [1.54, 1.807) is 13.8 Å². The zero-order valence-corrected chi connectivity index (χ0v) is 13.3. The monoisotopic (exact) mass is 329 g/mol. The van der Waals surface area contributed by atoms with Crippen molar-refractivity contribution in [2.24, 2.45) is 0 Å². The first-order valence-corrected chi connectivity index (χ1v) is 7.52. The molecule has 3 N–H and O–H groups in total. The molecule has 1 fully saturated rings. The van der Waals surface area contributed by atoms with Gasteiger partial charge in [-0.2, -0.15) is 0 Å². The molecule has 1 aromatic rings. The molecule has 7 heteroatoms. The summed E-state index contributed by atoms with van der Waals surface area (Å²) in [5, 5.41) is 22.3. The number of aliphatic hydroxyl groups excluding tert-OH is 1. The summed E-state index contributed by atoms with van der Waals surface area (Å²) in [6, 6.07) is 2.91. The summed E-state index contributed by atoms with van der Waals surface area (Å²) in [5.41, 5.74) is -0.0448. The van der Waals surface area contributed by atoms with Crippen molar-refractivity contribution in [2.45, 2.75) is 38.5 Å². The topological polar surface area (TPSA) is 88.0 Å². The van der Waals surface area contributed by atoms with Crippen LogP contribution in [0.25, 0.3) is 0 Å². The highest BCUT2D eigenvalue weighted by Gasteiger charge is 2.25. The summed E-state index contributed by atoms with van der Waals surface area (Å²) in [6.07, 6.45) is -0.0130. The van der Waals surface area contributed by atoms with E-state index in [0.717, 1.165) is 0 Å². The van der Waals surface area contributed by atoms with Gasteiger partial charge in [-0.15, -0.1) is 0 Å². The standard InChI is InChI=1S/C15H20ClNO5/c1-8(2)22-13-4-9(16)3-12(14(13)15(19)20)21-7-10-5-11(18)6-17-10/h3-4,8,10-11,17-18H,5-7H2,1-2H3,(H,19,20)/t10-,11-/m1/s1. The summed E-state index contributed by atoms with van der Waals surface area (Å²) in [7, 11) is 0. The zero-order chi connectivity index (χ0) is 16.3. The van der Waals surface area contributed by atoms with E-state index in [9.17, 15) is 15.0 Å². The number of aromatic carboxylic acids is 1. The molecule has 122 valence electrons. The molecule has 22 heavy (non-hydrogen) atoms. The molecule has 2 atom stereocenters. The van der Waals surface area contributed by atoms with E-state index in [-0.39, 0.29) is 35.8 Å². The molecule has 1 aliphatic heterocycles. The van der Waals surface area contributed by atoms with Crippen LogP contribution in [0.2, 0.25) is 5.02 Å². The van der Waals surface area contributed by atoms with Crippen molar-refractivity contribution in [3.63, 3.8) is 0 Å². The predicted molar refractivity (Wildman–Crippen MR) is 82.1 cm³/mol. The van der Waals surface area contributed by atoms with Gasteiger partial charge in [0, 0.05) is 17.6 Å². The number of hydrogen-bond acceptors (Lipinski definition) is 5. The summed E-state index contributed by atoms with van der Waals surface area (Å²) in [4.78, 5) is 11.5. The van der Waals surface area contributed by atoms with Crippen LogP contribution in [-0.4, -0.2) is 47.6 Å². The van der Waals surface area contributed by atoms with Crippen LogP contribution in [0.3, 0.4) is 0 Å². The summed E-state index contributed by atoms with van der Waals surface area (Å²) < 4.78 is 11.1. The van der Waals surface area contributed by atoms with Crippen LogP contribution < -0.4 is 14.8 Å². The molecule has 0 radical (unpaired) electrons. The third-order valence-electron chi connectivity index (χ3n) is 3.25. The van der Waals surface area contributed by atoms with Crippen molar-refractivity contribution in [1.29, 1.82) is 0 Å². The summed E-state index contributed by atoms with van der Waals surface area (Å²) in [6.45, 7) is 4.36. The molecular formula is C15H20ClNO5. The molecule has 0 spiro atoms. The first-order chi connectivity index (χ1) is 10.4. The molecule has 0 unspecified atom stereocenters. The molecule has 0 amide bonds. The van der Waals surface area contributed by atoms with Gasteiger partial charge in [-0.25, -0.2) is 4.79 Å². The van der Waals surface area contributed by atoms with Crippen LogP contribution in [0.1, 0.15) is 30.6 Å². The van der Waals surface area contributed by atoms with Gasteiger partial charge in [-0.05, 0) is 32.4 Å². The predicted octanol–water partition coefficient (Wildman–Crippen LogP) is 1.93. The van der Waals surface area contributed by atoms with Gasteiger partial charge in [-0.3, -0.25) is 0 Å². The van der Waals surface area contributed by atoms with E-state index in [4.69, 9.17) is 21.1 Å². The van der Waals surface area contributed by atoms with Crippen LogP contribution in [0, 0.1) is 0 Å². The average molecular weight is 330 g/mol. The SMILES string of the molecule is CC(C)Oc1cc(Cl)cc(OC[C@H]2C[C@@H](O)CN2)c1C(=O)O. The number of nitrogens with one attached hydrogen (secondary N) is 1. The number of hydrogen-bond donors (Lipinski definition) is 3. The smallest absolute Gasteiger partial charge is 0.343 e. The van der Waals surface area contributed by atoms with Gasteiger partial charge in [0.1, 0.15) is 23.7 Å². The average Bonchev–Trinajstić information content (AvgIpc) is 2.80. The second-order valence-corrected chi connectivity index (χ2v) is 5.99. The van der Waals surface area contributed by atoms with E-state index in [2.05, 4.69) is 5.32 Å². The molecular weight excluding hydrogens is 310 g/mol. The van der Waals surface area contributed by atoms with E-state index < -0.39 is 12.1 Å². The van der Waals surface area contributed by atoms with Gasteiger partial charge in [0.25, 0.3) is 0 Å². The Morgan fingerprint density at radius 3 is 2.68 bits per heavy atom. The first kappa shape index (κ1) is 16.9. The Bertz CT molecular complexity index is 549. The van der Waals surface area contributed by atoms with Gasteiger partial charge in [0.05, 0.1) is 12.2 Å². The van der Waals surface area contributed by atoms with Gasteiger partial charge in [0.2, 0.25) is 0 Å². The Hall–Kier alpha value is -1.50. The van der Waals surface area contributed by atoms with Crippen LogP contribution in [0.15, 0.2) is 12.1 Å². The molecule has 0 aliphatic carbocycles. The number of carbonyl (C=O) groups is 1. The molecule has 1 aliphatic rings. The lowest BCUT2D eigenvalue weighted by molar-refractivity contribution is 0.0684. The van der Waals surface area contributed by atoms with E-state index in [1.807, 2.05) is 0 Å². The lowest BCUT2D eigenvalue weighted by Gasteiger charge is -2.18. The Balaban J connectivity index is 2.21. The van der Waals surface area contributed by atoms with Crippen molar-refractivity contribution in [3.05, 3.63) is 22.7 Å². The lowest BCUT2D eigenvalue weighted by atomic mass is 10.1. The maximum atomic E-state index is 11.5. The zero-order valence-electron chi connectivity index (χ0n) is 12.5. The largest absolute Gasteiger partial charge is 0.491 e. The highest BCUT2D eigenvalue weighted by molar-refractivity contribution is 6.31. The van der Waals surface area contributed by atoms with Gasteiger partial charge in [0.15, 0.2) is 0 Å². The molecule has 0 saturated carbocycles. The fourth-order valence-electron chi connectivity index (χ4n) is 2.34. The van der Waals surface area contributed by atoms with E-state index in [1.165, 1.54) is 12.1 Å². The van der Waals surface area contributed by atoms with Crippen LogP contribution in [-0.2, 0) is 0 Å². The van der Waals surface area contributed by atoms with Crippen molar-refractivity contribution < 1.29 is 24.5 Å². The van der Waals surface area contributed by atoms with Crippen molar-refractivity contribution in [2.75, 3.05) is 13.2 Å². The van der Waals surface area contributed by atoms with Crippen LogP contribution in [0.4, 0.5) is 0 Å². The molecule has 2 rings (SSSR count). The van der Waals surface area contributed by atoms with E-state index >= 15 is 0 Å². The number of carboxylic acid groups (broad SMARTS) is 1. The second-order valence-electron chi connectivity index (χ2n) is 5.55. The summed E-state index contributed by atoms with van der Waals surface area (Å²) in [5.74, 6) is -0.787. The number of ether oxygens (including phenoxy) is 2. The quantitative estimate of drug-likeness (QED) is 0.739. The summed E-state index contributed by atoms with van der Waals surface area (Å²) >= 11 is 6.02. The normalized spacial score (nSPS) is 21.1.